The van der Waals surface area contributed by atoms with Gasteiger partial charge in [-0.3, -0.25) is 0 Å². The van der Waals surface area contributed by atoms with Crippen molar-refractivity contribution in [1.29, 1.82) is 0 Å². The Kier molecular flexibility index (Phi) is 4.33. The minimum absolute atomic E-state index is 0.122. The fourth-order valence-electron chi connectivity index (χ4n) is 2.73. The van der Waals surface area contributed by atoms with Crippen molar-refractivity contribution in [2.24, 2.45) is 0 Å². The van der Waals surface area contributed by atoms with E-state index in [2.05, 4.69) is 26.2 Å². The van der Waals surface area contributed by atoms with Gasteiger partial charge >= 0.3 is 11.9 Å². The summed E-state index contributed by atoms with van der Waals surface area (Å²) < 4.78 is 6.37. The Bertz CT molecular complexity index is 624. The Balaban J connectivity index is 2.37. The molecule has 2 N–H and O–H groups in total. The van der Waals surface area contributed by atoms with Crippen molar-refractivity contribution in [2.75, 3.05) is 0 Å². The molecule has 0 spiro atoms. The number of rotatable bonds is 3. The molecule has 120 valence electrons. The van der Waals surface area contributed by atoms with Gasteiger partial charge in [0.05, 0.1) is 24.8 Å². The average molecular weight is 339 g/mol. The molecule has 1 heterocycles. The second-order valence-electron chi connectivity index (χ2n) is 6.95. The van der Waals surface area contributed by atoms with Gasteiger partial charge in [0.1, 0.15) is 0 Å². The van der Waals surface area contributed by atoms with Gasteiger partial charge < -0.3 is 14.6 Å². The zero-order valence-electron chi connectivity index (χ0n) is 13.3. The third-order valence-electron chi connectivity index (χ3n) is 4.97. The number of aromatic carboxylic acids is 2. The zero-order valence-corrected chi connectivity index (χ0v) is 15.3. The van der Waals surface area contributed by atoms with Gasteiger partial charge in [-0.2, -0.15) is 0 Å². The Hall–Kier alpha value is -1.45. The van der Waals surface area contributed by atoms with E-state index < -0.39 is 27.4 Å². The lowest BCUT2D eigenvalue weighted by atomic mass is 10.00. The smallest absolute Gasteiger partial charge is 0.336 e. The van der Waals surface area contributed by atoms with Gasteiger partial charge in [0.15, 0.2) is 7.83 Å². The van der Waals surface area contributed by atoms with Crippen LogP contribution in [0.5, 0.6) is 0 Å². The molecule has 5 nitrogen and oxygen atoms in total. The highest BCUT2D eigenvalue weighted by Crippen LogP contribution is 2.40. The lowest BCUT2D eigenvalue weighted by Gasteiger charge is -2.45. The predicted molar refractivity (Wildman–Crippen MR) is 88.6 cm³/mol. The second kappa shape index (κ2) is 5.64. The Labute approximate surface area is 131 Å². The largest absolute Gasteiger partial charge is 0.478 e. The molecule has 2 rings (SSSR count). The Morgan fingerprint density at radius 2 is 1.68 bits per heavy atom. The van der Waals surface area contributed by atoms with Gasteiger partial charge in [0, 0.05) is 0 Å². The molecule has 1 aromatic rings. The highest BCUT2D eigenvalue weighted by molar-refractivity contribution is 7.38. The lowest BCUT2D eigenvalue weighted by Crippen LogP contribution is -2.60. The van der Waals surface area contributed by atoms with E-state index in [0.717, 1.165) is 18.0 Å². The number of hydrogen-bond acceptors (Lipinski definition) is 3. The van der Waals surface area contributed by atoms with Crippen LogP contribution in [0.4, 0.5) is 0 Å². The SMILES string of the molecule is C[Si]1(C)CCC(c2ccc(C(=O)O)c(C(=O)O)c2)O[Si]1(C)C. The normalized spacial score (nSPS) is 23.0. The Morgan fingerprint density at radius 1 is 1.09 bits per heavy atom. The molecule has 7 heteroatoms. The summed E-state index contributed by atoms with van der Waals surface area (Å²) in [5, 5.41) is 18.3. The first-order valence-corrected chi connectivity index (χ1v) is 14.4. The van der Waals surface area contributed by atoms with Gasteiger partial charge in [-0.25, -0.2) is 9.59 Å². The average Bonchev–Trinajstić information content (AvgIpc) is 2.41. The molecule has 1 aliphatic rings. The van der Waals surface area contributed by atoms with E-state index in [-0.39, 0.29) is 17.2 Å². The van der Waals surface area contributed by atoms with Crippen LogP contribution in [0, 0.1) is 0 Å². The molecule has 1 unspecified atom stereocenters. The number of carboxylic acid groups (broad SMARTS) is 2. The lowest BCUT2D eigenvalue weighted by molar-refractivity contribution is 0.0651. The molecule has 0 radical (unpaired) electrons. The van der Waals surface area contributed by atoms with Crippen molar-refractivity contribution < 1.29 is 24.2 Å². The van der Waals surface area contributed by atoms with E-state index in [1.807, 2.05) is 0 Å². The van der Waals surface area contributed by atoms with Gasteiger partial charge in [-0.1, -0.05) is 25.2 Å². The number of carboxylic acids is 2. The minimum atomic E-state index is -1.77. The van der Waals surface area contributed by atoms with Crippen LogP contribution in [-0.4, -0.2) is 37.6 Å². The van der Waals surface area contributed by atoms with E-state index in [9.17, 15) is 14.7 Å². The minimum Gasteiger partial charge on any atom is -0.478 e. The Morgan fingerprint density at radius 3 is 2.18 bits per heavy atom. The van der Waals surface area contributed by atoms with Crippen molar-refractivity contribution in [1.82, 2.24) is 0 Å². The molecule has 0 amide bonds. The van der Waals surface area contributed by atoms with Crippen LogP contribution in [0.1, 0.15) is 38.8 Å². The molecular weight excluding hydrogens is 316 g/mol. The van der Waals surface area contributed by atoms with Crippen molar-refractivity contribution in [3.05, 3.63) is 34.9 Å². The van der Waals surface area contributed by atoms with E-state index in [0.29, 0.717) is 0 Å². The van der Waals surface area contributed by atoms with Crippen molar-refractivity contribution in [2.45, 2.75) is 44.8 Å². The maximum absolute atomic E-state index is 11.3. The molecule has 22 heavy (non-hydrogen) atoms. The van der Waals surface area contributed by atoms with Gasteiger partial charge in [-0.15, -0.1) is 0 Å². The van der Waals surface area contributed by atoms with Crippen LogP contribution in [0.3, 0.4) is 0 Å². The highest BCUT2D eigenvalue weighted by Gasteiger charge is 2.47. The molecule has 0 aromatic heterocycles. The summed E-state index contributed by atoms with van der Waals surface area (Å²) in [4.78, 5) is 22.4. The summed E-state index contributed by atoms with van der Waals surface area (Å²) in [6, 6.07) is 5.67. The first-order valence-electron chi connectivity index (χ1n) is 7.33. The third-order valence-corrected chi connectivity index (χ3v) is 21.5. The molecule has 1 aliphatic heterocycles. The first-order chi connectivity index (χ1) is 10.0. The molecule has 1 fully saturated rings. The standard InChI is InChI=1S/C15H22O5Si2/c1-21(2)8-7-13(20-22(21,3)4)10-5-6-11(14(16)17)12(9-10)15(18)19/h5-6,9,13H,7-8H2,1-4H3,(H,16,17)(H,18,19). The van der Waals surface area contributed by atoms with Gasteiger partial charge in [0.25, 0.3) is 0 Å². The van der Waals surface area contributed by atoms with Crippen LogP contribution in [0.25, 0.3) is 0 Å². The van der Waals surface area contributed by atoms with Gasteiger partial charge in [-0.05, 0) is 37.2 Å². The maximum Gasteiger partial charge on any atom is 0.336 e. The fraction of sp³-hybridized carbons (Fsp3) is 0.467. The second-order valence-corrected chi connectivity index (χ2v) is 22.2. The van der Waals surface area contributed by atoms with Crippen LogP contribution >= 0.6 is 0 Å². The molecule has 1 saturated heterocycles. The highest BCUT2D eigenvalue weighted by atomic mass is 29.3. The summed E-state index contributed by atoms with van der Waals surface area (Å²) in [6.45, 7) is 9.17. The number of hydrogen-bond donors (Lipinski definition) is 2. The fourth-order valence-corrected chi connectivity index (χ4v) is 9.22. The van der Waals surface area contributed by atoms with Crippen LogP contribution in [0.15, 0.2) is 18.2 Å². The molecular formula is C15H22O5Si2. The maximum atomic E-state index is 11.3. The summed E-state index contributed by atoms with van der Waals surface area (Å²) in [5.41, 5.74) is 0.417. The molecule has 0 bridgehead atoms. The van der Waals surface area contributed by atoms with E-state index in [1.54, 1.807) is 6.07 Å². The topological polar surface area (TPSA) is 83.8 Å². The quantitative estimate of drug-likeness (QED) is 0.824. The summed E-state index contributed by atoms with van der Waals surface area (Å²) in [7, 11) is -3.12. The van der Waals surface area contributed by atoms with Crippen LogP contribution < -0.4 is 0 Å². The molecule has 1 aromatic carbocycles. The monoisotopic (exact) mass is 338 g/mol. The van der Waals surface area contributed by atoms with E-state index >= 15 is 0 Å². The van der Waals surface area contributed by atoms with E-state index in [1.165, 1.54) is 12.1 Å². The first kappa shape index (κ1) is 16.9. The van der Waals surface area contributed by atoms with Gasteiger partial charge in [0.2, 0.25) is 0 Å². The summed E-state index contributed by atoms with van der Waals surface area (Å²) >= 11 is 0. The molecule has 1 atom stereocenters. The van der Waals surface area contributed by atoms with Crippen molar-refractivity contribution >= 4 is 27.4 Å². The number of carbonyl (C=O) groups is 2. The van der Waals surface area contributed by atoms with Crippen molar-refractivity contribution in [3.63, 3.8) is 0 Å². The predicted octanol–water partition coefficient (Wildman–Crippen LogP) is 3.54. The molecule has 0 saturated carbocycles. The van der Waals surface area contributed by atoms with Crippen LogP contribution in [-0.2, 0) is 4.43 Å². The third kappa shape index (κ3) is 3.01. The summed E-state index contributed by atoms with van der Waals surface area (Å²) in [5.74, 6) is -2.45. The van der Waals surface area contributed by atoms with Crippen LogP contribution in [0.2, 0.25) is 32.2 Å². The zero-order chi connectivity index (χ0) is 16.7. The number of benzene rings is 1. The summed E-state index contributed by atoms with van der Waals surface area (Å²) in [6.07, 6.45) is 0.754. The molecule has 0 aliphatic carbocycles. The van der Waals surface area contributed by atoms with E-state index in [4.69, 9.17) is 9.53 Å². The van der Waals surface area contributed by atoms with Crippen molar-refractivity contribution in [3.8, 4) is 0 Å².